The van der Waals surface area contributed by atoms with E-state index < -0.39 is 5.82 Å². The molecule has 0 spiro atoms. The van der Waals surface area contributed by atoms with Crippen LogP contribution in [-0.4, -0.2) is 44.5 Å². The second-order valence-electron chi connectivity index (χ2n) is 8.35. The van der Waals surface area contributed by atoms with Crippen LogP contribution in [0.15, 0.2) is 91.4 Å². The molecule has 0 amide bonds. The summed E-state index contributed by atoms with van der Waals surface area (Å²) < 4.78 is 27.3. The first kappa shape index (κ1) is 24.1. The van der Waals surface area contributed by atoms with E-state index in [0.717, 1.165) is 11.1 Å². The minimum absolute atomic E-state index is 0.163. The number of halogens is 1. The third kappa shape index (κ3) is 5.62. The van der Waals surface area contributed by atoms with Crippen LogP contribution in [0.3, 0.4) is 0 Å². The highest BCUT2D eigenvalue weighted by Gasteiger charge is 2.16. The van der Waals surface area contributed by atoms with Gasteiger partial charge in [-0.3, -0.25) is 0 Å². The highest BCUT2D eigenvalue weighted by Crippen LogP contribution is 2.31. The van der Waals surface area contributed by atoms with E-state index in [-0.39, 0.29) is 17.4 Å². The normalized spacial score (nSPS) is 11.8. The monoisotopic (exact) mass is 496 g/mol. The van der Waals surface area contributed by atoms with Gasteiger partial charge in [-0.15, -0.1) is 0 Å². The van der Waals surface area contributed by atoms with Crippen molar-refractivity contribution in [2.75, 3.05) is 13.7 Å². The van der Waals surface area contributed by atoms with Crippen LogP contribution in [-0.2, 0) is 6.42 Å². The van der Waals surface area contributed by atoms with Crippen LogP contribution in [0.1, 0.15) is 5.56 Å². The van der Waals surface area contributed by atoms with Crippen LogP contribution in [0.5, 0.6) is 11.6 Å². The average Bonchev–Trinajstić information content (AvgIpc) is 3.43. The van der Waals surface area contributed by atoms with Crippen molar-refractivity contribution in [2.24, 2.45) is 5.73 Å². The van der Waals surface area contributed by atoms with Gasteiger partial charge in [0.1, 0.15) is 18.2 Å². The number of hydrogen-bond donors (Lipinski definition) is 1. The van der Waals surface area contributed by atoms with E-state index in [1.165, 1.54) is 13.2 Å². The van der Waals surface area contributed by atoms with Crippen LogP contribution in [0, 0.1) is 5.82 Å². The van der Waals surface area contributed by atoms with Gasteiger partial charge in [0.05, 0.1) is 24.6 Å². The smallest absolute Gasteiger partial charge is 0.215 e. The Hall–Kier alpha value is -4.63. The molecule has 5 aromatic rings. The SMILES string of the molecule is COc1cccc(F)c1-c1nccc(-c2cnn(-c3cccc(OC[C@H](N)Cc4ccccc4)n3)c2)n1. The highest BCUT2D eigenvalue weighted by molar-refractivity contribution is 5.68. The highest BCUT2D eigenvalue weighted by atomic mass is 19.1. The number of rotatable bonds is 9. The number of aromatic nitrogens is 5. The number of ether oxygens (including phenoxy) is 2. The number of nitrogens with zero attached hydrogens (tertiary/aromatic N) is 5. The topological polar surface area (TPSA) is 101 Å². The number of benzene rings is 2. The molecule has 3 heterocycles. The second kappa shape index (κ2) is 11.0. The van der Waals surface area contributed by atoms with E-state index in [1.807, 2.05) is 42.5 Å². The van der Waals surface area contributed by atoms with Crippen molar-refractivity contribution in [3.8, 4) is 40.1 Å². The van der Waals surface area contributed by atoms with Crippen molar-refractivity contribution >= 4 is 0 Å². The maximum absolute atomic E-state index is 14.5. The summed E-state index contributed by atoms with van der Waals surface area (Å²) in [5.41, 5.74) is 8.90. The molecule has 37 heavy (non-hydrogen) atoms. The molecule has 0 aliphatic rings. The lowest BCUT2D eigenvalue weighted by atomic mass is 10.1. The van der Waals surface area contributed by atoms with Gasteiger partial charge >= 0.3 is 0 Å². The summed E-state index contributed by atoms with van der Waals surface area (Å²) >= 11 is 0. The molecule has 0 unspecified atom stereocenters. The second-order valence-corrected chi connectivity index (χ2v) is 8.35. The van der Waals surface area contributed by atoms with E-state index in [4.69, 9.17) is 15.2 Å². The Morgan fingerprint density at radius 3 is 2.65 bits per heavy atom. The molecule has 0 radical (unpaired) electrons. The summed E-state index contributed by atoms with van der Waals surface area (Å²) in [7, 11) is 1.48. The van der Waals surface area contributed by atoms with E-state index >= 15 is 0 Å². The molecule has 2 N–H and O–H groups in total. The fourth-order valence-corrected chi connectivity index (χ4v) is 3.89. The summed E-state index contributed by atoms with van der Waals surface area (Å²) in [5, 5.41) is 4.42. The largest absolute Gasteiger partial charge is 0.496 e. The van der Waals surface area contributed by atoms with Crippen LogP contribution in [0.25, 0.3) is 28.5 Å². The molecule has 0 saturated carbocycles. The van der Waals surface area contributed by atoms with Crippen LogP contribution in [0.4, 0.5) is 4.39 Å². The van der Waals surface area contributed by atoms with E-state index in [0.29, 0.717) is 36.2 Å². The van der Waals surface area contributed by atoms with Gasteiger partial charge in [-0.05, 0) is 36.2 Å². The number of nitrogens with two attached hydrogens (primary N) is 1. The van der Waals surface area contributed by atoms with Gasteiger partial charge in [0.2, 0.25) is 5.88 Å². The molecular formula is C28H25FN6O2. The minimum Gasteiger partial charge on any atom is -0.496 e. The summed E-state index contributed by atoms with van der Waals surface area (Å²) in [6.45, 7) is 0.332. The Balaban J connectivity index is 1.31. The van der Waals surface area contributed by atoms with Crippen molar-refractivity contribution in [3.05, 3.63) is 103 Å². The van der Waals surface area contributed by atoms with Crippen LogP contribution < -0.4 is 15.2 Å². The van der Waals surface area contributed by atoms with Gasteiger partial charge in [0.25, 0.3) is 0 Å². The Morgan fingerprint density at radius 2 is 1.81 bits per heavy atom. The molecule has 8 nitrogen and oxygen atoms in total. The zero-order valence-electron chi connectivity index (χ0n) is 20.2. The predicted octanol–water partition coefficient (Wildman–Crippen LogP) is 4.49. The molecule has 9 heteroatoms. The fourth-order valence-electron chi connectivity index (χ4n) is 3.89. The van der Waals surface area contributed by atoms with Crippen LogP contribution in [0.2, 0.25) is 0 Å². The van der Waals surface area contributed by atoms with Gasteiger partial charge < -0.3 is 15.2 Å². The Bertz CT molecular complexity index is 1490. The van der Waals surface area contributed by atoms with Gasteiger partial charge in [0, 0.05) is 30.1 Å². The third-order valence-electron chi connectivity index (χ3n) is 5.68. The zero-order chi connectivity index (χ0) is 25.6. The summed E-state index contributed by atoms with van der Waals surface area (Å²) in [6, 6.07) is 21.7. The first-order chi connectivity index (χ1) is 18.1. The van der Waals surface area contributed by atoms with E-state index in [9.17, 15) is 4.39 Å². The minimum atomic E-state index is -0.461. The maximum atomic E-state index is 14.5. The predicted molar refractivity (Wildman–Crippen MR) is 138 cm³/mol. The van der Waals surface area contributed by atoms with Crippen molar-refractivity contribution in [3.63, 3.8) is 0 Å². The molecule has 0 aliphatic carbocycles. The maximum Gasteiger partial charge on any atom is 0.215 e. The molecule has 5 rings (SSSR count). The number of methoxy groups -OCH3 is 1. The molecule has 0 aliphatic heterocycles. The van der Waals surface area contributed by atoms with Crippen molar-refractivity contribution in [1.29, 1.82) is 0 Å². The van der Waals surface area contributed by atoms with Crippen molar-refractivity contribution in [2.45, 2.75) is 12.5 Å². The van der Waals surface area contributed by atoms with E-state index in [1.54, 1.807) is 47.5 Å². The lowest BCUT2D eigenvalue weighted by molar-refractivity contribution is 0.277. The summed E-state index contributed by atoms with van der Waals surface area (Å²) in [4.78, 5) is 13.3. The Morgan fingerprint density at radius 1 is 0.973 bits per heavy atom. The third-order valence-corrected chi connectivity index (χ3v) is 5.68. The first-order valence-electron chi connectivity index (χ1n) is 11.7. The molecule has 186 valence electrons. The lowest BCUT2D eigenvalue weighted by Crippen LogP contribution is -2.30. The summed E-state index contributed by atoms with van der Waals surface area (Å²) in [6.07, 6.45) is 5.74. The molecular weight excluding hydrogens is 471 g/mol. The molecule has 3 aromatic heterocycles. The van der Waals surface area contributed by atoms with E-state index in [2.05, 4.69) is 20.1 Å². The zero-order valence-corrected chi connectivity index (χ0v) is 20.2. The van der Waals surface area contributed by atoms with Crippen molar-refractivity contribution < 1.29 is 13.9 Å². The van der Waals surface area contributed by atoms with Gasteiger partial charge in [-0.2, -0.15) is 10.1 Å². The molecule has 1 atom stereocenters. The fraction of sp³-hybridized carbons (Fsp3) is 0.143. The first-order valence-corrected chi connectivity index (χ1v) is 11.7. The van der Waals surface area contributed by atoms with Crippen LogP contribution >= 0.6 is 0 Å². The molecule has 0 bridgehead atoms. The van der Waals surface area contributed by atoms with Gasteiger partial charge in [0.15, 0.2) is 11.6 Å². The van der Waals surface area contributed by atoms with Gasteiger partial charge in [-0.1, -0.05) is 42.5 Å². The lowest BCUT2D eigenvalue weighted by Gasteiger charge is -2.13. The molecule has 0 saturated heterocycles. The summed E-state index contributed by atoms with van der Waals surface area (Å²) in [5.74, 6) is 1.15. The standard InChI is InChI=1S/C28H25FN6O2/c1-36-24-10-5-9-22(29)27(24)28-31-14-13-23(33-28)20-16-32-35(17-20)25-11-6-12-26(34-25)37-18-21(30)15-19-7-3-2-4-8-19/h2-14,16-17,21H,15,18,30H2,1H3/t21-/m1/s1. The number of hydrogen-bond acceptors (Lipinski definition) is 7. The number of pyridine rings is 1. The average molecular weight is 497 g/mol. The quantitative estimate of drug-likeness (QED) is 0.321. The Kier molecular flexibility index (Phi) is 7.14. The molecule has 2 aromatic carbocycles. The van der Waals surface area contributed by atoms with Gasteiger partial charge in [-0.25, -0.2) is 19.0 Å². The van der Waals surface area contributed by atoms with Crippen molar-refractivity contribution in [1.82, 2.24) is 24.7 Å². The molecule has 0 fully saturated rings. The Labute approximate surface area is 213 Å².